The summed E-state index contributed by atoms with van der Waals surface area (Å²) < 4.78 is 16.9. The van der Waals surface area contributed by atoms with E-state index >= 15 is 0 Å². The number of rotatable bonds is 6. The number of benzene rings is 1. The fraction of sp³-hybridized carbons (Fsp3) is 0.500. The predicted molar refractivity (Wildman–Crippen MR) is 66.6 cm³/mol. The Kier molecular flexibility index (Phi) is 5.14. The molecule has 0 unspecified atom stereocenters. The van der Waals surface area contributed by atoms with Crippen LogP contribution in [0.25, 0.3) is 0 Å². The first-order valence-electron chi connectivity index (χ1n) is 5.44. The van der Waals surface area contributed by atoms with Crippen LogP contribution in [0, 0.1) is 5.92 Å². The van der Waals surface area contributed by atoms with E-state index in [-0.39, 0.29) is 0 Å². The highest BCUT2D eigenvalue weighted by molar-refractivity contribution is 6.75. The lowest BCUT2D eigenvalue weighted by Crippen LogP contribution is -2.55. The van der Waals surface area contributed by atoms with E-state index in [0.29, 0.717) is 12.5 Å². The van der Waals surface area contributed by atoms with E-state index in [1.54, 1.807) is 14.2 Å². The van der Waals surface area contributed by atoms with Crippen molar-refractivity contribution in [3.63, 3.8) is 0 Å². The summed E-state index contributed by atoms with van der Waals surface area (Å²) in [4.78, 5) is 0. The highest BCUT2D eigenvalue weighted by atomic mass is 28.4. The molecule has 0 aliphatic rings. The summed E-state index contributed by atoms with van der Waals surface area (Å²) in [7, 11) is 0.602. The SMILES string of the molecule is CO[Si](OC)(OCC(C)C)c1ccccc1. The van der Waals surface area contributed by atoms with Gasteiger partial charge in [-0.3, -0.25) is 0 Å². The molecule has 1 rings (SSSR count). The summed E-state index contributed by atoms with van der Waals surface area (Å²) in [5.41, 5.74) is 0. The van der Waals surface area contributed by atoms with Gasteiger partial charge < -0.3 is 13.3 Å². The van der Waals surface area contributed by atoms with Crippen molar-refractivity contribution in [2.75, 3.05) is 20.8 Å². The molecule has 0 aliphatic carbocycles. The molecule has 0 atom stereocenters. The summed E-state index contributed by atoms with van der Waals surface area (Å²) in [5.74, 6) is 0.459. The highest BCUT2D eigenvalue weighted by Gasteiger charge is 2.41. The third kappa shape index (κ3) is 3.15. The maximum Gasteiger partial charge on any atom is 0.536 e. The van der Waals surface area contributed by atoms with Crippen LogP contribution in [0.15, 0.2) is 30.3 Å². The van der Waals surface area contributed by atoms with E-state index in [9.17, 15) is 0 Å². The van der Waals surface area contributed by atoms with Crippen molar-refractivity contribution in [2.45, 2.75) is 13.8 Å². The normalized spacial score (nSPS) is 12.1. The summed E-state index contributed by atoms with van der Waals surface area (Å²) in [6, 6.07) is 9.87. The predicted octanol–water partition coefficient (Wildman–Crippen LogP) is 1.80. The van der Waals surface area contributed by atoms with Crippen LogP contribution in [0.4, 0.5) is 0 Å². The van der Waals surface area contributed by atoms with Gasteiger partial charge in [-0.25, -0.2) is 0 Å². The van der Waals surface area contributed by atoms with E-state index in [1.807, 2.05) is 30.3 Å². The number of hydrogen-bond donors (Lipinski definition) is 0. The molecule has 0 heterocycles. The van der Waals surface area contributed by atoms with Gasteiger partial charge in [0.05, 0.1) is 0 Å². The molecule has 0 spiro atoms. The Balaban J connectivity index is 2.87. The van der Waals surface area contributed by atoms with Crippen LogP contribution >= 0.6 is 0 Å². The third-order valence-electron chi connectivity index (χ3n) is 2.27. The quantitative estimate of drug-likeness (QED) is 0.710. The van der Waals surface area contributed by atoms with Gasteiger partial charge in [-0.1, -0.05) is 44.2 Å². The first-order valence-corrected chi connectivity index (χ1v) is 7.17. The summed E-state index contributed by atoms with van der Waals surface area (Å²) in [6.45, 7) is 4.85. The van der Waals surface area contributed by atoms with Crippen LogP contribution in [-0.2, 0) is 13.3 Å². The van der Waals surface area contributed by atoms with Crippen LogP contribution in [0.1, 0.15) is 13.8 Å². The van der Waals surface area contributed by atoms with Crippen molar-refractivity contribution in [1.82, 2.24) is 0 Å². The summed E-state index contributed by atoms with van der Waals surface area (Å²) >= 11 is 0. The fourth-order valence-electron chi connectivity index (χ4n) is 1.44. The van der Waals surface area contributed by atoms with Crippen LogP contribution in [-0.4, -0.2) is 29.6 Å². The van der Waals surface area contributed by atoms with Gasteiger partial charge in [-0.15, -0.1) is 0 Å². The Bertz CT molecular complexity index is 296. The maximum absolute atomic E-state index is 5.87. The molecule has 0 saturated heterocycles. The first-order chi connectivity index (χ1) is 7.64. The fourth-order valence-corrected chi connectivity index (χ4v) is 3.63. The van der Waals surface area contributed by atoms with Gasteiger partial charge in [0, 0.05) is 26.0 Å². The smallest absolute Gasteiger partial charge is 0.373 e. The minimum atomic E-state index is -2.68. The van der Waals surface area contributed by atoms with Crippen molar-refractivity contribution in [2.24, 2.45) is 5.92 Å². The van der Waals surface area contributed by atoms with Gasteiger partial charge in [-0.05, 0) is 5.92 Å². The van der Waals surface area contributed by atoms with E-state index in [2.05, 4.69) is 13.8 Å². The van der Waals surface area contributed by atoms with E-state index in [4.69, 9.17) is 13.3 Å². The minimum absolute atomic E-state index is 0.459. The van der Waals surface area contributed by atoms with E-state index in [0.717, 1.165) is 5.19 Å². The molecule has 0 radical (unpaired) electrons. The zero-order valence-electron chi connectivity index (χ0n) is 10.4. The van der Waals surface area contributed by atoms with Crippen molar-refractivity contribution in [3.8, 4) is 0 Å². The largest absolute Gasteiger partial charge is 0.536 e. The van der Waals surface area contributed by atoms with Crippen molar-refractivity contribution >= 4 is 14.0 Å². The van der Waals surface area contributed by atoms with Crippen LogP contribution in [0.5, 0.6) is 0 Å². The molecule has 3 nitrogen and oxygen atoms in total. The molecule has 0 bridgehead atoms. The highest BCUT2D eigenvalue weighted by Crippen LogP contribution is 2.10. The van der Waals surface area contributed by atoms with Crippen molar-refractivity contribution in [3.05, 3.63) is 30.3 Å². The molecule has 0 aromatic heterocycles. The minimum Gasteiger partial charge on any atom is -0.373 e. The van der Waals surface area contributed by atoms with Gasteiger partial charge in [-0.2, -0.15) is 0 Å². The molecular weight excluding hydrogens is 220 g/mol. The molecule has 1 aromatic rings. The van der Waals surface area contributed by atoms with Crippen LogP contribution in [0.2, 0.25) is 0 Å². The Morgan fingerprint density at radius 1 is 1.06 bits per heavy atom. The average molecular weight is 240 g/mol. The second-order valence-electron chi connectivity index (χ2n) is 4.04. The Labute approximate surface area is 98.7 Å². The van der Waals surface area contributed by atoms with Gasteiger partial charge in [0.15, 0.2) is 0 Å². The molecule has 0 amide bonds. The monoisotopic (exact) mass is 240 g/mol. The van der Waals surface area contributed by atoms with Gasteiger partial charge in [0.25, 0.3) is 0 Å². The second-order valence-corrected chi connectivity index (χ2v) is 6.83. The first kappa shape index (κ1) is 13.4. The van der Waals surface area contributed by atoms with Crippen LogP contribution < -0.4 is 5.19 Å². The van der Waals surface area contributed by atoms with Crippen molar-refractivity contribution < 1.29 is 13.3 Å². The lowest BCUT2D eigenvalue weighted by atomic mass is 10.2. The molecule has 90 valence electrons. The molecular formula is C12H20O3Si. The molecule has 0 N–H and O–H groups in total. The lowest BCUT2D eigenvalue weighted by Gasteiger charge is -2.27. The zero-order valence-corrected chi connectivity index (χ0v) is 11.4. The average Bonchev–Trinajstić information content (AvgIpc) is 2.32. The summed E-state index contributed by atoms with van der Waals surface area (Å²) in [5, 5.41) is 1.00. The Morgan fingerprint density at radius 3 is 2.06 bits per heavy atom. The zero-order chi connectivity index (χ0) is 12.0. The third-order valence-corrected chi connectivity index (χ3v) is 4.93. The number of hydrogen-bond acceptors (Lipinski definition) is 3. The molecule has 16 heavy (non-hydrogen) atoms. The van der Waals surface area contributed by atoms with Crippen LogP contribution in [0.3, 0.4) is 0 Å². The maximum atomic E-state index is 5.87. The lowest BCUT2D eigenvalue weighted by molar-refractivity contribution is 0.101. The van der Waals surface area contributed by atoms with Crippen molar-refractivity contribution in [1.29, 1.82) is 0 Å². The molecule has 0 aliphatic heterocycles. The molecule has 4 heteroatoms. The van der Waals surface area contributed by atoms with E-state index < -0.39 is 8.80 Å². The molecule has 0 saturated carbocycles. The van der Waals surface area contributed by atoms with Gasteiger partial charge in [0.2, 0.25) is 0 Å². The van der Waals surface area contributed by atoms with Gasteiger partial charge in [0.1, 0.15) is 0 Å². The summed E-state index contributed by atoms with van der Waals surface area (Å²) in [6.07, 6.45) is 0. The second kappa shape index (κ2) is 6.15. The standard InChI is InChI=1S/C12H20O3Si/c1-11(2)10-15-16(13-3,14-4)12-8-6-5-7-9-12/h5-9,11H,10H2,1-4H3. The van der Waals surface area contributed by atoms with E-state index in [1.165, 1.54) is 0 Å². The van der Waals surface area contributed by atoms with Gasteiger partial charge >= 0.3 is 8.80 Å². The Morgan fingerprint density at radius 2 is 1.62 bits per heavy atom. The molecule has 0 fully saturated rings. The molecule has 1 aromatic carbocycles. The topological polar surface area (TPSA) is 27.7 Å². The Hall–Kier alpha value is -0.683.